The number of anilines is 2. The number of piperidine rings is 1. The first-order valence-corrected chi connectivity index (χ1v) is 5.92. The van der Waals surface area contributed by atoms with Crippen molar-refractivity contribution in [1.82, 2.24) is 5.01 Å². The minimum Gasteiger partial charge on any atom is -0.478 e. The predicted molar refractivity (Wildman–Crippen MR) is 66.8 cm³/mol. The first-order chi connectivity index (χ1) is 8.58. The van der Waals surface area contributed by atoms with Gasteiger partial charge in [0.25, 0.3) is 0 Å². The van der Waals surface area contributed by atoms with Crippen LogP contribution in [-0.2, 0) is 0 Å². The summed E-state index contributed by atoms with van der Waals surface area (Å²) in [7, 11) is 0. The molecule has 0 atom stereocenters. The van der Waals surface area contributed by atoms with E-state index in [4.69, 9.17) is 10.8 Å². The number of hydrogen-bond acceptors (Lipinski definition) is 4. The molecular formula is C12H16FN3O2. The highest BCUT2D eigenvalue weighted by Crippen LogP contribution is 2.24. The fourth-order valence-electron chi connectivity index (χ4n) is 2.03. The molecule has 6 heteroatoms. The van der Waals surface area contributed by atoms with Gasteiger partial charge in [0.05, 0.1) is 16.9 Å². The summed E-state index contributed by atoms with van der Waals surface area (Å²) in [5.41, 5.74) is 9.00. The van der Waals surface area contributed by atoms with Gasteiger partial charge < -0.3 is 16.3 Å². The van der Waals surface area contributed by atoms with Gasteiger partial charge in [0.1, 0.15) is 5.82 Å². The number of hydrogen-bond donors (Lipinski definition) is 3. The van der Waals surface area contributed by atoms with E-state index in [9.17, 15) is 9.18 Å². The van der Waals surface area contributed by atoms with Gasteiger partial charge in [0.15, 0.2) is 0 Å². The van der Waals surface area contributed by atoms with Crippen LogP contribution in [0.4, 0.5) is 15.8 Å². The standard InChI is InChI=1S/C12H16FN3O2/c13-9-7-11(10(14)6-8(9)12(17)18)15-16-4-2-1-3-5-16/h6-7,15H,1-5,14H2,(H,17,18). The summed E-state index contributed by atoms with van der Waals surface area (Å²) in [5.74, 6) is -2.10. The molecule has 1 fully saturated rings. The smallest absolute Gasteiger partial charge is 0.338 e. The van der Waals surface area contributed by atoms with Crippen LogP contribution >= 0.6 is 0 Å². The second-order valence-electron chi connectivity index (χ2n) is 4.38. The summed E-state index contributed by atoms with van der Waals surface area (Å²) in [6.07, 6.45) is 3.37. The number of halogens is 1. The number of benzene rings is 1. The van der Waals surface area contributed by atoms with E-state index in [0.717, 1.165) is 38.1 Å². The van der Waals surface area contributed by atoms with Crippen molar-refractivity contribution in [1.29, 1.82) is 0 Å². The summed E-state index contributed by atoms with van der Waals surface area (Å²) in [6.45, 7) is 1.75. The van der Waals surface area contributed by atoms with E-state index < -0.39 is 17.3 Å². The highest BCUT2D eigenvalue weighted by molar-refractivity contribution is 5.90. The van der Waals surface area contributed by atoms with E-state index in [1.165, 1.54) is 6.42 Å². The van der Waals surface area contributed by atoms with E-state index in [0.29, 0.717) is 5.69 Å². The zero-order valence-corrected chi connectivity index (χ0v) is 9.95. The van der Waals surface area contributed by atoms with Crippen LogP contribution in [-0.4, -0.2) is 29.2 Å². The van der Waals surface area contributed by atoms with Crippen molar-refractivity contribution < 1.29 is 14.3 Å². The van der Waals surface area contributed by atoms with E-state index in [1.807, 2.05) is 5.01 Å². The maximum atomic E-state index is 13.5. The molecule has 1 aliphatic heterocycles. The van der Waals surface area contributed by atoms with E-state index in [2.05, 4.69) is 5.43 Å². The van der Waals surface area contributed by atoms with Gasteiger partial charge in [-0.2, -0.15) is 0 Å². The Morgan fingerprint density at radius 1 is 1.33 bits per heavy atom. The summed E-state index contributed by atoms with van der Waals surface area (Å²) in [4.78, 5) is 10.7. The Morgan fingerprint density at radius 3 is 2.61 bits per heavy atom. The molecule has 1 saturated heterocycles. The lowest BCUT2D eigenvalue weighted by molar-refractivity contribution is 0.0692. The number of nitrogens with two attached hydrogens (primary N) is 1. The number of carboxylic acid groups (broad SMARTS) is 1. The number of aromatic carboxylic acids is 1. The molecule has 0 unspecified atom stereocenters. The minimum atomic E-state index is -1.32. The molecule has 0 amide bonds. The Morgan fingerprint density at radius 2 is 2.00 bits per heavy atom. The van der Waals surface area contributed by atoms with Gasteiger partial charge in [-0.1, -0.05) is 6.42 Å². The summed E-state index contributed by atoms with van der Waals surface area (Å²) in [6, 6.07) is 2.28. The number of nitrogen functional groups attached to an aromatic ring is 1. The van der Waals surface area contributed by atoms with Crippen molar-refractivity contribution in [2.45, 2.75) is 19.3 Å². The molecule has 0 bridgehead atoms. The molecule has 2 rings (SSSR count). The van der Waals surface area contributed by atoms with Crippen LogP contribution in [0.25, 0.3) is 0 Å². The zero-order chi connectivity index (χ0) is 13.1. The topological polar surface area (TPSA) is 78.6 Å². The Labute approximate surface area is 104 Å². The zero-order valence-electron chi connectivity index (χ0n) is 9.95. The quantitative estimate of drug-likeness (QED) is 0.717. The largest absolute Gasteiger partial charge is 0.478 e. The first-order valence-electron chi connectivity index (χ1n) is 5.92. The third-order valence-electron chi connectivity index (χ3n) is 3.00. The third kappa shape index (κ3) is 2.70. The van der Waals surface area contributed by atoms with E-state index in [-0.39, 0.29) is 5.69 Å². The molecule has 0 saturated carbocycles. The molecule has 1 aromatic carbocycles. The van der Waals surface area contributed by atoms with Gasteiger partial charge in [-0.3, -0.25) is 0 Å². The van der Waals surface area contributed by atoms with Crippen molar-refractivity contribution >= 4 is 17.3 Å². The maximum absolute atomic E-state index is 13.5. The lowest BCUT2D eigenvalue weighted by Crippen LogP contribution is -2.35. The number of carbonyl (C=O) groups is 1. The minimum absolute atomic E-state index is 0.236. The summed E-state index contributed by atoms with van der Waals surface area (Å²) < 4.78 is 13.5. The molecule has 1 heterocycles. The fourth-order valence-corrected chi connectivity index (χ4v) is 2.03. The number of rotatable bonds is 3. The molecule has 98 valence electrons. The molecule has 0 spiro atoms. The van der Waals surface area contributed by atoms with Crippen LogP contribution in [0, 0.1) is 5.82 Å². The fraction of sp³-hybridized carbons (Fsp3) is 0.417. The summed E-state index contributed by atoms with van der Waals surface area (Å²) in [5, 5.41) is 10.7. The van der Waals surface area contributed by atoms with Crippen LogP contribution in [0.2, 0.25) is 0 Å². The maximum Gasteiger partial charge on any atom is 0.338 e. The molecule has 0 aromatic heterocycles. The van der Waals surface area contributed by atoms with Crippen molar-refractivity contribution in [2.24, 2.45) is 0 Å². The number of nitrogens with zero attached hydrogens (tertiary/aromatic N) is 1. The molecule has 1 aliphatic rings. The Bertz CT molecular complexity index is 459. The van der Waals surface area contributed by atoms with Crippen molar-refractivity contribution in [3.05, 3.63) is 23.5 Å². The Balaban J connectivity index is 2.18. The van der Waals surface area contributed by atoms with Crippen molar-refractivity contribution in [3.8, 4) is 0 Å². The lowest BCUT2D eigenvalue weighted by Gasteiger charge is -2.28. The normalized spacial score (nSPS) is 16.5. The van der Waals surface area contributed by atoms with Crippen LogP contribution < -0.4 is 11.2 Å². The molecule has 5 nitrogen and oxygen atoms in total. The van der Waals surface area contributed by atoms with Gasteiger partial charge in [0, 0.05) is 19.2 Å². The van der Waals surface area contributed by atoms with Gasteiger partial charge in [-0.25, -0.2) is 14.2 Å². The highest BCUT2D eigenvalue weighted by atomic mass is 19.1. The molecule has 18 heavy (non-hydrogen) atoms. The third-order valence-corrected chi connectivity index (χ3v) is 3.00. The highest BCUT2D eigenvalue weighted by Gasteiger charge is 2.16. The number of nitrogens with one attached hydrogen (secondary N) is 1. The van der Waals surface area contributed by atoms with E-state index >= 15 is 0 Å². The lowest BCUT2D eigenvalue weighted by atomic mass is 10.1. The van der Waals surface area contributed by atoms with Crippen LogP contribution in [0.15, 0.2) is 12.1 Å². The van der Waals surface area contributed by atoms with Crippen LogP contribution in [0.5, 0.6) is 0 Å². The van der Waals surface area contributed by atoms with Crippen molar-refractivity contribution in [2.75, 3.05) is 24.2 Å². The monoisotopic (exact) mass is 253 g/mol. The molecular weight excluding hydrogens is 237 g/mol. The van der Waals surface area contributed by atoms with Crippen LogP contribution in [0.3, 0.4) is 0 Å². The predicted octanol–water partition coefficient (Wildman–Crippen LogP) is 1.92. The average molecular weight is 253 g/mol. The first kappa shape index (κ1) is 12.6. The van der Waals surface area contributed by atoms with Crippen LogP contribution in [0.1, 0.15) is 29.6 Å². The van der Waals surface area contributed by atoms with Gasteiger partial charge in [-0.15, -0.1) is 0 Å². The SMILES string of the molecule is Nc1cc(C(=O)O)c(F)cc1NN1CCCCC1. The number of carboxylic acids is 1. The second kappa shape index (κ2) is 5.22. The summed E-state index contributed by atoms with van der Waals surface area (Å²) >= 11 is 0. The Kier molecular flexibility index (Phi) is 3.66. The average Bonchev–Trinajstić information content (AvgIpc) is 2.34. The van der Waals surface area contributed by atoms with Gasteiger partial charge >= 0.3 is 5.97 Å². The van der Waals surface area contributed by atoms with Gasteiger partial charge in [-0.05, 0) is 18.9 Å². The molecule has 0 radical (unpaired) electrons. The molecule has 4 N–H and O–H groups in total. The number of hydrazine groups is 1. The van der Waals surface area contributed by atoms with E-state index in [1.54, 1.807) is 0 Å². The Hall–Kier alpha value is -1.82. The van der Waals surface area contributed by atoms with Crippen molar-refractivity contribution in [3.63, 3.8) is 0 Å². The molecule has 1 aromatic rings. The molecule has 0 aliphatic carbocycles. The second-order valence-corrected chi connectivity index (χ2v) is 4.38. The van der Waals surface area contributed by atoms with Gasteiger partial charge in [0.2, 0.25) is 0 Å².